The van der Waals surface area contributed by atoms with Gasteiger partial charge in [0.15, 0.2) is 10.3 Å². The fourth-order valence-electron chi connectivity index (χ4n) is 4.65. The zero-order chi connectivity index (χ0) is 26.1. The molecule has 1 aliphatic rings. The van der Waals surface area contributed by atoms with E-state index in [4.69, 9.17) is 4.98 Å². The van der Waals surface area contributed by atoms with Crippen LogP contribution in [0.5, 0.6) is 0 Å². The number of thiophene rings is 1. The summed E-state index contributed by atoms with van der Waals surface area (Å²) in [5.41, 5.74) is 2.37. The number of rotatable bonds is 7. The third-order valence-corrected chi connectivity index (χ3v) is 9.46. The van der Waals surface area contributed by atoms with Gasteiger partial charge in [0.1, 0.15) is 10.6 Å². The first-order chi connectivity index (χ1) is 18.6. The molecule has 0 radical (unpaired) electrons. The molecule has 38 heavy (non-hydrogen) atoms. The largest absolute Gasteiger partial charge is 0.301 e. The lowest BCUT2D eigenvalue weighted by atomic mass is 9.97. The molecule has 0 unspecified atom stereocenters. The van der Waals surface area contributed by atoms with Crippen LogP contribution in [0, 0.1) is 5.82 Å². The summed E-state index contributed by atoms with van der Waals surface area (Å²) in [5, 5.41) is 4.48. The SMILES string of the molecule is O=C(CSc1nc2sc3c(c2c(=O)n1-c1ccccc1)CCCC3)Nc1ncc(Cc2ccccc2F)s1. The van der Waals surface area contributed by atoms with Gasteiger partial charge in [0.25, 0.3) is 5.56 Å². The van der Waals surface area contributed by atoms with Crippen molar-refractivity contribution in [2.45, 2.75) is 37.3 Å². The fourth-order valence-corrected chi connectivity index (χ4v) is 7.62. The Hall–Kier alpha value is -3.34. The number of fused-ring (bicyclic) bond motifs is 3. The van der Waals surface area contributed by atoms with Gasteiger partial charge in [-0.05, 0) is 55.0 Å². The lowest BCUT2D eigenvalue weighted by Crippen LogP contribution is -2.23. The van der Waals surface area contributed by atoms with Crippen molar-refractivity contribution in [2.24, 2.45) is 0 Å². The van der Waals surface area contributed by atoms with Gasteiger partial charge in [0.2, 0.25) is 5.91 Å². The fraction of sp³-hybridized carbons (Fsp3) is 0.214. The Morgan fingerprint density at radius 1 is 1.05 bits per heavy atom. The summed E-state index contributed by atoms with van der Waals surface area (Å²) in [6.07, 6.45) is 6.17. The number of hydrogen-bond acceptors (Lipinski definition) is 7. The number of aromatic nitrogens is 3. The Bertz CT molecular complexity index is 1690. The predicted octanol–water partition coefficient (Wildman–Crippen LogP) is 6.24. The van der Waals surface area contributed by atoms with Crippen molar-refractivity contribution >= 4 is 55.7 Å². The molecule has 3 heterocycles. The average molecular weight is 563 g/mol. The Balaban J connectivity index is 1.23. The molecule has 1 N–H and O–H groups in total. The third-order valence-electron chi connectivity index (χ3n) is 6.43. The summed E-state index contributed by atoms with van der Waals surface area (Å²) >= 11 is 4.15. The molecule has 1 aliphatic carbocycles. The standard InChI is InChI=1S/C28H23FN4O2S3/c29-21-12-6-4-8-17(21)14-19-15-30-27(37-19)31-23(34)16-36-28-32-25-24(20-11-5-7-13-22(20)38-25)26(35)33(28)18-9-2-1-3-10-18/h1-4,6,8-10,12,15H,5,7,11,13-14,16H2,(H,30,31,34). The van der Waals surface area contributed by atoms with Crippen molar-refractivity contribution in [3.8, 4) is 5.69 Å². The summed E-state index contributed by atoms with van der Waals surface area (Å²) < 4.78 is 15.6. The molecule has 5 aromatic rings. The van der Waals surface area contributed by atoms with Gasteiger partial charge < -0.3 is 5.32 Å². The Kier molecular flexibility index (Phi) is 7.10. The van der Waals surface area contributed by atoms with Crippen LogP contribution in [0.1, 0.15) is 33.7 Å². The molecule has 192 valence electrons. The van der Waals surface area contributed by atoms with Crippen molar-refractivity contribution in [3.05, 3.63) is 97.8 Å². The number of amides is 1. The number of benzene rings is 2. The number of nitrogens with one attached hydrogen (secondary N) is 1. The highest BCUT2D eigenvalue weighted by atomic mass is 32.2. The van der Waals surface area contributed by atoms with Gasteiger partial charge in [-0.2, -0.15) is 0 Å². The van der Waals surface area contributed by atoms with Crippen molar-refractivity contribution in [2.75, 3.05) is 11.1 Å². The van der Waals surface area contributed by atoms with E-state index >= 15 is 0 Å². The molecule has 0 spiro atoms. The highest BCUT2D eigenvalue weighted by molar-refractivity contribution is 7.99. The zero-order valence-corrected chi connectivity index (χ0v) is 22.7. The maximum absolute atomic E-state index is 14.0. The molecular formula is C28H23FN4O2S3. The first-order valence-electron chi connectivity index (χ1n) is 12.3. The van der Waals surface area contributed by atoms with Gasteiger partial charge in [-0.1, -0.05) is 48.2 Å². The van der Waals surface area contributed by atoms with Crippen LogP contribution in [-0.2, 0) is 24.1 Å². The molecule has 0 fully saturated rings. The van der Waals surface area contributed by atoms with E-state index in [2.05, 4.69) is 10.3 Å². The Morgan fingerprint density at radius 2 is 1.84 bits per heavy atom. The van der Waals surface area contributed by atoms with E-state index in [1.807, 2.05) is 30.3 Å². The molecule has 0 atom stereocenters. The Labute approximate surface area is 230 Å². The minimum atomic E-state index is -0.261. The first-order valence-corrected chi connectivity index (χ1v) is 14.9. The van der Waals surface area contributed by atoms with Crippen molar-refractivity contribution in [1.82, 2.24) is 14.5 Å². The highest BCUT2D eigenvalue weighted by Crippen LogP contribution is 2.35. The van der Waals surface area contributed by atoms with Gasteiger partial charge in [0.05, 0.1) is 16.8 Å². The van der Waals surface area contributed by atoms with Gasteiger partial charge in [-0.25, -0.2) is 14.4 Å². The van der Waals surface area contributed by atoms with E-state index in [-0.39, 0.29) is 23.0 Å². The van der Waals surface area contributed by atoms with Crippen LogP contribution in [-0.4, -0.2) is 26.2 Å². The Morgan fingerprint density at radius 3 is 2.68 bits per heavy atom. The molecule has 0 bridgehead atoms. The van der Waals surface area contributed by atoms with E-state index in [0.29, 0.717) is 27.7 Å². The number of thiazole rings is 1. The van der Waals surface area contributed by atoms with E-state index < -0.39 is 0 Å². The summed E-state index contributed by atoms with van der Waals surface area (Å²) in [5.74, 6) is -0.442. The van der Waals surface area contributed by atoms with Crippen molar-refractivity contribution < 1.29 is 9.18 Å². The number of thioether (sulfide) groups is 1. The summed E-state index contributed by atoms with van der Waals surface area (Å²) in [6.45, 7) is 0. The number of carbonyl (C=O) groups is 1. The van der Waals surface area contributed by atoms with Gasteiger partial charge in [-0.15, -0.1) is 22.7 Å². The number of para-hydroxylation sites is 1. The number of halogens is 1. The van der Waals surface area contributed by atoms with Crippen LogP contribution in [0.4, 0.5) is 9.52 Å². The average Bonchev–Trinajstić information content (AvgIpc) is 3.53. The highest BCUT2D eigenvalue weighted by Gasteiger charge is 2.23. The van der Waals surface area contributed by atoms with E-state index in [1.165, 1.54) is 34.0 Å². The molecule has 6 rings (SSSR count). The monoisotopic (exact) mass is 562 g/mol. The maximum atomic E-state index is 14.0. The zero-order valence-electron chi connectivity index (χ0n) is 20.3. The predicted molar refractivity (Wildman–Crippen MR) is 153 cm³/mol. The topological polar surface area (TPSA) is 76.9 Å². The smallest absolute Gasteiger partial charge is 0.267 e. The van der Waals surface area contributed by atoms with Crippen LogP contribution >= 0.6 is 34.4 Å². The summed E-state index contributed by atoms with van der Waals surface area (Å²) in [4.78, 5) is 38.6. The number of carbonyl (C=O) groups excluding carboxylic acids is 1. The third kappa shape index (κ3) is 5.03. The van der Waals surface area contributed by atoms with Crippen LogP contribution in [0.25, 0.3) is 15.9 Å². The summed E-state index contributed by atoms with van der Waals surface area (Å²) in [6, 6.07) is 16.1. The molecule has 1 amide bonds. The van der Waals surface area contributed by atoms with Crippen LogP contribution < -0.4 is 10.9 Å². The molecule has 2 aromatic carbocycles. The second kappa shape index (κ2) is 10.8. The molecule has 6 nitrogen and oxygen atoms in total. The molecule has 0 saturated carbocycles. The molecular weight excluding hydrogens is 540 g/mol. The minimum absolute atomic E-state index is 0.0676. The van der Waals surface area contributed by atoms with E-state index in [9.17, 15) is 14.0 Å². The van der Waals surface area contributed by atoms with Crippen LogP contribution in [0.15, 0.2) is 70.7 Å². The quantitative estimate of drug-likeness (QED) is 0.188. The number of nitrogens with zero attached hydrogens (tertiary/aromatic N) is 3. The second-order valence-electron chi connectivity index (χ2n) is 9.00. The molecule has 3 aromatic heterocycles. The lowest BCUT2D eigenvalue weighted by molar-refractivity contribution is -0.113. The van der Waals surface area contributed by atoms with Crippen molar-refractivity contribution in [3.63, 3.8) is 0 Å². The number of hydrogen-bond donors (Lipinski definition) is 1. The van der Waals surface area contributed by atoms with Crippen LogP contribution in [0.3, 0.4) is 0 Å². The van der Waals surface area contributed by atoms with E-state index in [1.54, 1.807) is 40.3 Å². The molecule has 0 aliphatic heterocycles. The number of aryl methyl sites for hydroxylation is 2. The second-order valence-corrected chi connectivity index (χ2v) is 12.1. The maximum Gasteiger partial charge on any atom is 0.267 e. The minimum Gasteiger partial charge on any atom is -0.301 e. The van der Waals surface area contributed by atoms with Gasteiger partial charge in [0, 0.05) is 22.4 Å². The molecule has 10 heteroatoms. The lowest BCUT2D eigenvalue weighted by Gasteiger charge is -2.13. The van der Waals surface area contributed by atoms with Crippen LogP contribution in [0.2, 0.25) is 0 Å². The van der Waals surface area contributed by atoms with Crippen molar-refractivity contribution in [1.29, 1.82) is 0 Å². The van der Waals surface area contributed by atoms with E-state index in [0.717, 1.165) is 46.6 Å². The normalized spacial score (nSPS) is 13.0. The van der Waals surface area contributed by atoms with Gasteiger partial charge in [-0.3, -0.25) is 14.2 Å². The first kappa shape index (κ1) is 25.0. The van der Waals surface area contributed by atoms with Gasteiger partial charge >= 0.3 is 0 Å². The number of anilines is 1. The molecule has 0 saturated heterocycles. The summed E-state index contributed by atoms with van der Waals surface area (Å²) in [7, 11) is 0.